The summed E-state index contributed by atoms with van der Waals surface area (Å²) < 4.78 is 5.77. The minimum Gasteiger partial charge on any atom is -0.398 e. The number of amides is 1. The molecule has 1 amide bonds. The summed E-state index contributed by atoms with van der Waals surface area (Å²) in [6, 6.07) is 5.61. The van der Waals surface area contributed by atoms with E-state index >= 15 is 0 Å². The topological polar surface area (TPSA) is 93.4 Å². The highest BCUT2D eigenvalue weighted by atomic mass is 16.5. The molecule has 1 aliphatic heterocycles. The van der Waals surface area contributed by atoms with Crippen LogP contribution < -0.4 is 16.0 Å². The van der Waals surface area contributed by atoms with E-state index in [1.54, 1.807) is 12.3 Å². The lowest BCUT2D eigenvalue weighted by molar-refractivity contribution is -0.114. The van der Waals surface area contributed by atoms with Crippen molar-refractivity contribution in [3.8, 4) is 11.3 Å². The van der Waals surface area contributed by atoms with Gasteiger partial charge in [-0.3, -0.25) is 9.78 Å². The summed E-state index contributed by atoms with van der Waals surface area (Å²) in [6.07, 6.45) is 3.87. The molecule has 1 aliphatic rings. The van der Waals surface area contributed by atoms with Crippen molar-refractivity contribution in [1.29, 1.82) is 0 Å². The number of morpholine rings is 1. The first-order valence-electron chi connectivity index (χ1n) is 8.32. The van der Waals surface area contributed by atoms with Crippen LogP contribution in [0.15, 0.2) is 30.6 Å². The van der Waals surface area contributed by atoms with Crippen molar-refractivity contribution in [2.45, 2.75) is 33.0 Å². The summed E-state index contributed by atoms with van der Waals surface area (Å²) in [6.45, 7) is 7.28. The Kier molecular flexibility index (Phi) is 4.85. The molecule has 0 bridgehead atoms. The van der Waals surface area contributed by atoms with Crippen molar-refractivity contribution in [2.75, 3.05) is 29.0 Å². The number of nitrogens with two attached hydrogens (primary N) is 1. The maximum atomic E-state index is 11.1. The molecule has 0 radical (unpaired) electrons. The van der Waals surface area contributed by atoms with Gasteiger partial charge in [-0.25, -0.2) is 4.98 Å². The molecule has 7 heteroatoms. The number of anilines is 3. The molecule has 2 unspecified atom stereocenters. The van der Waals surface area contributed by atoms with Crippen molar-refractivity contribution in [2.24, 2.45) is 0 Å². The molecule has 25 heavy (non-hydrogen) atoms. The first-order chi connectivity index (χ1) is 11.9. The molecule has 3 heterocycles. The molecule has 7 nitrogen and oxygen atoms in total. The predicted molar refractivity (Wildman–Crippen MR) is 98.4 cm³/mol. The van der Waals surface area contributed by atoms with Crippen LogP contribution in [-0.4, -0.2) is 41.2 Å². The molecule has 0 saturated carbocycles. The average Bonchev–Trinajstić information content (AvgIpc) is 2.54. The minimum atomic E-state index is -0.184. The fourth-order valence-electron chi connectivity index (χ4n) is 3.05. The first kappa shape index (κ1) is 17.2. The largest absolute Gasteiger partial charge is 0.398 e. The molecule has 2 atom stereocenters. The second-order valence-corrected chi connectivity index (χ2v) is 6.40. The van der Waals surface area contributed by atoms with Gasteiger partial charge >= 0.3 is 0 Å². The van der Waals surface area contributed by atoms with Gasteiger partial charge in [-0.2, -0.15) is 0 Å². The number of nitrogen functional groups attached to an aromatic ring is 1. The highest BCUT2D eigenvalue weighted by molar-refractivity contribution is 5.89. The Balaban J connectivity index is 1.79. The molecular weight excluding hydrogens is 318 g/mol. The van der Waals surface area contributed by atoms with Crippen molar-refractivity contribution < 1.29 is 9.53 Å². The molecule has 132 valence electrons. The third-order valence-corrected chi connectivity index (χ3v) is 4.05. The number of carbonyl (C=O) groups is 1. The lowest BCUT2D eigenvalue weighted by Crippen LogP contribution is -2.45. The van der Waals surface area contributed by atoms with Gasteiger partial charge in [0.15, 0.2) is 0 Å². The summed E-state index contributed by atoms with van der Waals surface area (Å²) in [5.74, 6) is 0.248. The van der Waals surface area contributed by atoms with Gasteiger partial charge in [-0.05, 0) is 26.0 Å². The van der Waals surface area contributed by atoms with E-state index in [1.165, 1.54) is 6.92 Å². The number of hydrogen-bond donors (Lipinski definition) is 2. The van der Waals surface area contributed by atoms with Crippen LogP contribution >= 0.6 is 0 Å². The SMILES string of the molecule is CC(=O)Nc1cc(N)c(-c2ccc(N3CC(C)OC(C)C3)cn2)cn1. The van der Waals surface area contributed by atoms with E-state index in [4.69, 9.17) is 10.5 Å². The average molecular weight is 341 g/mol. The van der Waals surface area contributed by atoms with E-state index in [9.17, 15) is 4.79 Å². The van der Waals surface area contributed by atoms with Crippen LogP contribution in [0.5, 0.6) is 0 Å². The second kappa shape index (κ2) is 7.06. The monoisotopic (exact) mass is 341 g/mol. The molecular formula is C18H23N5O2. The van der Waals surface area contributed by atoms with Crippen LogP contribution in [0.1, 0.15) is 20.8 Å². The number of nitrogens with one attached hydrogen (secondary N) is 1. The normalized spacial score (nSPS) is 20.4. The van der Waals surface area contributed by atoms with Gasteiger partial charge in [0, 0.05) is 43.5 Å². The number of nitrogens with zero attached hydrogens (tertiary/aromatic N) is 3. The quantitative estimate of drug-likeness (QED) is 0.890. The standard InChI is InChI=1S/C18H23N5O2/c1-11-9-23(10-12(2)25-11)14-4-5-17(20-7-14)15-8-21-18(6-16(15)19)22-13(3)24/h4-8,11-12H,9-10H2,1-3H3,(H3,19,21,22,24). The van der Waals surface area contributed by atoms with Crippen molar-refractivity contribution in [3.63, 3.8) is 0 Å². The molecule has 0 aliphatic carbocycles. The van der Waals surface area contributed by atoms with Crippen LogP contribution in [0.25, 0.3) is 11.3 Å². The second-order valence-electron chi connectivity index (χ2n) is 6.40. The summed E-state index contributed by atoms with van der Waals surface area (Å²) >= 11 is 0. The van der Waals surface area contributed by atoms with Gasteiger partial charge < -0.3 is 20.7 Å². The molecule has 0 aromatic carbocycles. The van der Waals surface area contributed by atoms with Gasteiger partial charge in [-0.1, -0.05) is 0 Å². The Morgan fingerprint density at radius 1 is 1.24 bits per heavy atom. The first-order valence-corrected chi connectivity index (χ1v) is 8.32. The zero-order valence-corrected chi connectivity index (χ0v) is 14.7. The van der Waals surface area contributed by atoms with Gasteiger partial charge in [0.05, 0.1) is 29.8 Å². The highest BCUT2D eigenvalue weighted by Gasteiger charge is 2.22. The lowest BCUT2D eigenvalue weighted by atomic mass is 10.1. The Morgan fingerprint density at radius 2 is 1.96 bits per heavy atom. The zero-order chi connectivity index (χ0) is 18.0. The Hall–Kier alpha value is -2.67. The Bertz CT molecular complexity index is 753. The van der Waals surface area contributed by atoms with Crippen LogP contribution in [0.3, 0.4) is 0 Å². The van der Waals surface area contributed by atoms with Crippen LogP contribution in [0.2, 0.25) is 0 Å². The number of rotatable bonds is 3. The predicted octanol–water partition coefficient (Wildman–Crippen LogP) is 2.30. The van der Waals surface area contributed by atoms with Gasteiger partial charge in [0.1, 0.15) is 5.82 Å². The maximum Gasteiger partial charge on any atom is 0.222 e. The minimum absolute atomic E-state index is 0.184. The highest BCUT2D eigenvalue weighted by Crippen LogP contribution is 2.27. The number of pyridine rings is 2. The summed E-state index contributed by atoms with van der Waals surface area (Å²) in [4.78, 5) is 22.1. The number of carbonyl (C=O) groups excluding carboxylic acids is 1. The van der Waals surface area contributed by atoms with E-state index < -0.39 is 0 Å². The fraction of sp³-hybridized carbons (Fsp3) is 0.389. The van der Waals surface area contributed by atoms with E-state index in [0.29, 0.717) is 11.5 Å². The third-order valence-electron chi connectivity index (χ3n) is 4.05. The summed E-state index contributed by atoms with van der Waals surface area (Å²) in [5, 5.41) is 2.62. The molecule has 2 aromatic heterocycles. The smallest absolute Gasteiger partial charge is 0.222 e. The van der Waals surface area contributed by atoms with Crippen molar-refractivity contribution in [1.82, 2.24) is 9.97 Å². The van der Waals surface area contributed by atoms with Gasteiger partial charge in [0.2, 0.25) is 5.91 Å². The number of ether oxygens (including phenoxy) is 1. The van der Waals surface area contributed by atoms with Gasteiger partial charge in [-0.15, -0.1) is 0 Å². The molecule has 3 N–H and O–H groups in total. The van der Waals surface area contributed by atoms with E-state index in [0.717, 1.165) is 30.0 Å². The zero-order valence-electron chi connectivity index (χ0n) is 14.7. The molecule has 1 fully saturated rings. The van der Waals surface area contributed by atoms with Gasteiger partial charge in [0.25, 0.3) is 0 Å². The lowest BCUT2D eigenvalue weighted by Gasteiger charge is -2.36. The maximum absolute atomic E-state index is 11.1. The molecule has 2 aromatic rings. The summed E-state index contributed by atoms with van der Waals surface area (Å²) in [5.41, 5.74) is 9.16. The Morgan fingerprint density at radius 3 is 2.52 bits per heavy atom. The third kappa shape index (κ3) is 4.06. The molecule has 1 saturated heterocycles. The molecule has 0 spiro atoms. The number of hydrogen-bond acceptors (Lipinski definition) is 6. The summed E-state index contributed by atoms with van der Waals surface area (Å²) in [7, 11) is 0. The van der Waals surface area contributed by atoms with E-state index in [-0.39, 0.29) is 18.1 Å². The fourth-order valence-corrected chi connectivity index (χ4v) is 3.05. The van der Waals surface area contributed by atoms with Crippen molar-refractivity contribution in [3.05, 3.63) is 30.6 Å². The van der Waals surface area contributed by atoms with Crippen LogP contribution in [-0.2, 0) is 9.53 Å². The number of aromatic nitrogens is 2. The van der Waals surface area contributed by atoms with E-state index in [1.807, 2.05) is 18.3 Å². The van der Waals surface area contributed by atoms with Crippen LogP contribution in [0, 0.1) is 0 Å². The van der Waals surface area contributed by atoms with Crippen LogP contribution in [0.4, 0.5) is 17.2 Å². The van der Waals surface area contributed by atoms with Crippen molar-refractivity contribution >= 4 is 23.1 Å². The molecule has 3 rings (SSSR count). The van der Waals surface area contributed by atoms with E-state index in [2.05, 4.69) is 34.0 Å². The Labute approximate surface area is 147 Å².